The van der Waals surface area contributed by atoms with Crippen LogP contribution >= 0.6 is 0 Å². The van der Waals surface area contributed by atoms with Gasteiger partial charge in [0.2, 0.25) is 0 Å². The normalized spacial score (nSPS) is 11.9. The highest BCUT2D eigenvalue weighted by molar-refractivity contribution is 5.94. The number of benzene rings is 2. The summed E-state index contributed by atoms with van der Waals surface area (Å²) in [5.74, 6) is -0.867. The first-order valence-electron chi connectivity index (χ1n) is 6.26. The monoisotopic (exact) mass is 257 g/mol. The molecule has 98 valence electrons. The second kappa shape index (κ2) is 6.14. The fraction of sp³-hybridized carbons (Fsp3) is 0.188. The first-order chi connectivity index (χ1) is 9.16. The zero-order chi connectivity index (χ0) is 13.7. The Balaban J connectivity index is 1.98. The first kappa shape index (κ1) is 13.3. The van der Waals surface area contributed by atoms with Crippen LogP contribution < -0.4 is 5.32 Å². The van der Waals surface area contributed by atoms with Crippen molar-refractivity contribution in [2.45, 2.75) is 19.4 Å². The lowest BCUT2D eigenvalue weighted by atomic mass is 10.1. The molecule has 1 amide bonds. The molecule has 3 heteroatoms. The Morgan fingerprint density at radius 1 is 1.11 bits per heavy atom. The minimum Gasteiger partial charge on any atom is -0.349 e. The number of hydrogen-bond acceptors (Lipinski definition) is 1. The van der Waals surface area contributed by atoms with Crippen LogP contribution in [0.1, 0.15) is 22.8 Å². The number of rotatable bonds is 4. The minimum atomic E-state index is -0.494. The van der Waals surface area contributed by atoms with Crippen molar-refractivity contribution in [2.75, 3.05) is 0 Å². The topological polar surface area (TPSA) is 29.1 Å². The lowest BCUT2D eigenvalue weighted by molar-refractivity contribution is 0.0936. The van der Waals surface area contributed by atoms with Crippen molar-refractivity contribution in [3.63, 3.8) is 0 Å². The lowest BCUT2D eigenvalue weighted by Gasteiger charge is -2.14. The molecule has 0 heterocycles. The summed E-state index contributed by atoms with van der Waals surface area (Å²) in [7, 11) is 0. The van der Waals surface area contributed by atoms with Crippen molar-refractivity contribution in [3.8, 4) is 0 Å². The average Bonchev–Trinajstić information content (AvgIpc) is 2.40. The molecule has 2 nitrogen and oxygen atoms in total. The smallest absolute Gasteiger partial charge is 0.254 e. The SMILES string of the molecule is CC(Cc1ccccc1)NC(=O)c1ccccc1F. The molecule has 19 heavy (non-hydrogen) atoms. The van der Waals surface area contributed by atoms with Gasteiger partial charge in [0, 0.05) is 6.04 Å². The number of nitrogens with one attached hydrogen (secondary N) is 1. The molecular weight excluding hydrogens is 241 g/mol. The summed E-state index contributed by atoms with van der Waals surface area (Å²) in [4.78, 5) is 11.9. The Morgan fingerprint density at radius 2 is 1.74 bits per heavy atom. The summed E-state index contributed by atoms with van der Waals surface area (Å²) in [6.45, 7) is 1.91. The van der Waals surface area contributed by atoms with Gasteiger partial charge in [-0.1, -0.05) is 42.5 Å². The Labute approximate surface area is 112 Å². The van der Waals surface area contributed by atoms with E-state index in [0.29, 0.717) is 0 Å². The molecule has 0 radical (unpaired) electrons. The van der Waals surface area contributed by atoms with E-state index in [1.165, 1.54) is 12.1 Å². The van der Waals surface area contributed by atoms with Crippen molar-refractivity contribution in [2.24, 2.45) is 0 Å². The summed E-state index contributed by atoms with van der Waals surface area (Å²) in [6.07, 6.45) is 0.723. The van der Waals surface area contributed by atoms with Crippen molar-refractivity contribution in [1.29, 1.82) is 0 Å². The van der Waals surface area contributed by atoms with Crippen molar-refractivity contribution in [1.82, 2.24) is 5.32 Å². The Morgan fingerprint density at radius 3 is 2.42 bits per heavy atom. The zero-order valence-electron chi connectivity index (χ0n) is 10.8. The summed E-state index contributed by atoms with van der Waals surface area (Å²) in [6, 6.07) is 15.8. The van der Waals surface area contributed by atoms with Crippen LogP contribution in [0.5, 0.6) is 0 Å². The summed E-state index contributed by atoms with van der Waals surface area (Å²) in [5, 5.41) is 2.81. The maximum absolute atomic E-state index is 13.5. The van der Waals surface area contributed by atoms with E-state index in [0.717, 1.165) is 12.0 Å². The Kier molecular flexibility index (Phi) is 4.29. The van der Waals surface area contributed by atoms with Crippen LogP contribution in [-0.2, 0) is 6.42 Å². The predicted molar refractivity (Wildman–Crippen MR) is 73.5 cm³/mol. The molecule has 0 aliphatic carbocycles. The van der Waals surface area contributed by atoms with Gasteiger partial charge in [-0.3, -0.25) is 4.79 Å². The van der Waals surface area contributed by atoms with Gasteiger partial charge in [-0.2, -0.15) is 0 Å². The molecule has 1 unspecified atom stereocenters. The van der Waals surface area contributed by atoms with Gasteiger partial charge in [0.25, 0.3) is 5.91 Å². The van der Waals surface area contributed by atoms with Gasteiger partial charge < -0.3 is 5.32 Å². The van der Waals surface area contributed by atoms with Crippen LogP contribution in [-0.4, -0.2) is 11.9 Å². The van der Waals surface area contributed by atoms with Gasteiger partial charge in [-0.25, -0.2) is 4.39 Å². The fourth-order valence-electron chi connectivity index (χ4n) is 1.97. The summed E-state index contributed by atoms with van der Waals surface area (Å²) < 4.78 is 13.5. The van der Waals surface area contributed by atoms with Crippen LogP contribution in [0.25, 0.3) is 0 Å². The molecule has 0 spiro atoms. The van der Waals surface area contributed by atoms with Gasteiger partial charge >= 0.3 is 0 Å². The van der Waals surface area contributed by atoms with Gasteiger partial charge in [0.05, 0.1) is 5.56 Å². The van der Waals surface area contributed by atoms with Crippen molar-refractivity contribution < 1.29 is 9.18 Å². The average molecular weight is 257 g/mol. The number of hydrogen-bond donors (Lipinski definition) is 1. The number of halogens is 1. The van der Waals surface area contributed by atoms with E-state index in [1.807, 2.05) is 37.3 Å². The molecule has 2 aromatic rings. The highest BCUT2D eigenvalue weighted by atomic mass is 19.1. The number of amides is 1. The van der Waals surface area contributed by atoms with Gasteiger partial charge in [-0.15, -0.1) is 0 Å². The third-order valence-corrected chi connectivity index (χ3v) is 2.88. The molecule has 0 bridgehead atoms. The van der Waals surface area contributed by atoms with E-state index in [1.54, 1.807) is 12.1 Å². The highest BCUT2D eigenvalue weighted by Gasteiger charge is 2.13. The quantitative estimate of drug-likeness (QED) is 0.895. The van der Waals surface area contributed by atoms with E-state index >= 15 is 0 Å². The third-order valence-electron chi connectivity index (χ3n) is 2.88. The maximum Gasteiger partial charge on any atom is 0.254 e. The Bertz CT molecular complexity index is 554. The lowest BCUT2D eigenvalue weighted by Crippen LogP contribution is -2.34. The van der Waals surface area contributed by atoms with Crippen LogP contribution in [0.15, 0.2) is 54.6 Å². The Hall–Kier alpha value is -2.16. The third kappa shape index (κ3) is 3.65. The van der Waals surface area contributed by atoms with Crippen molar-refractivity contribution in [3.05, 3.63) is 71.5 Å². The van der Waals surface area contributed by atoms with E-state index in [9.17, 15) is 9.18 Å². The standard InChI is InChI=1S/C16H16FNO/c1-12(11-13-7-3-2-4-8-13)18-16(19)14-9-5-6-10-15(14)17/h2-10,12H,11H2,1H3,(H,18,19). The molecule has 0 saturated carbocycles. The molecule has 1 N–H and O–H groups in total. The van der Waals surface area contributed by atoms with E-state index in [-0.39, 0.29) is 17.5 Å². The summed E-state index contributed by atoms with van der Waals surface area (Å²) in [5.41, 5.74) is 1.23. The predicted octanol–water partition coefficient (Wildman–Crippen LogP) is 3.19. The number of carbonyl (C=O) groups is 1. The molecule has 0 aliphatic rings. The van der Waals surface area contributed by atoms with Crippen LogP contribution in [0.3, 0.4) is 0 Å². The zero-order valence-corrected chi connectivity index (χ0v) is 10.8. The highest BCUT2D eigenvalue weighted by Crippen LogP contribution is 2.08. The second-order valence-corrected chi connectivity index (χ2v) is 4.54. The molecule has 0 aliphatic heterocycles. The molecule has 2 rings (SSSR count). The van der Waals surface area contributed by atoms with Gasteiger partial charge in [0.1, 0.15) is 5.82 Å². The molecular formula is C16H16FNO. The maximum atomic E-state index is 13.5. The van der Waals surface area contributed by atoms with Gasteiger partial charge in [0.15, 0.2) is 0 Å². The molecule has 0 saturated heterocycles. The van der Waals surface area contributed by atoms with E-state index in [4.69, 9.17) is 0 Å². The first-order valence-corrected chi connectivity index (χ1v) is 6.26. The molecule has 0 aromatic heterocycles. The van der Waals surface area contributed by atoms with Gasteiger partial charge in [-0.05, 0) is 31.0 Å². The fourth-order valence-corrected chi connectivity index (χ4v) is 1.97. The van der Waals surface area contributed by atoms with Crippen LogP contribution in [0.2, 0.25) is 0 Å². The molecule has 2 aromatic carbocycles. The van der Waals surface area contributed by atoms with Crippen molar-refractivity contribution >= 4 is 5.91 Å². The number of carbonyl (C=O) groups excluding carboxylic acids is 1. The molecule has 1 atom stereocenters. The van der Waals surface area contributed by atoms with Crippen LogP contribution in [0, 0.1) is 5.82 Å². The second-order valence-electron chi connectivity index (χ2n) is 4.54. The van der Waals surface area contributed by atoms with E-state index < -0.39 is 5.82 Å². The largest absolute Gasteiger partial charge is 0.349 e. The van der Waals surface area contributed by atoms with Crippen LogP contribution in [0.4, 0.5) is 4.39 Å². The minimum absolute atomic E-state index is 0.0468. The summed E-state index contributed by atoms with van der Waals surface area (Å²) >= 11 is 0. The van der Waals surface area contributed by atoms with E-state index in [2.05, 4.69) is 5.32 Å². The molecule has 0 fully saturated rings.